The quantitative estimate of drug-likeness (QED) is 0.228. The molecule has 0 unspecified atom stereocenters. The van der Waals surface area contributed by atoms with E-state index in [1.165, 1.54) is 5.01 Å². The first-order chi connectivity index (χ1) is 16.6. The number of allylic oxidation sites excluding steroid dienone is 1. The number of aryl methyl sites for hydroxylation is 1. The van der Waals surface area contributed by atoms with E-state index in [1.807, 2.05) is 98.8 Å². The largest absolute Gasteiger partial charge is 0.490 e. The molecule has 0 atom stereocenters. The van der Waals surface area contributed by atoms with Crippen LogP contribution in [0.15, 0.2) is 96.1 Å². The molecule has 172 valence electrons. The van der Waals surface area contributed by atoms with Crippen LogP contribution in [0, 0.1) is 6.92 Å². The molecule has 0 aliphatic carbocycles. The number of para-hydroxylation sites is 2. The SMILES string of the molecule is C=CCc1ccccc1OCCOc1ccc(C)cc1/C=C1/C(=O)N(c2ccccc2)N=C1C. The lowest BCUT2D eigenvalue weighted by atomic mass is 10.0. The van der Waals surface area contributed by atoms with Gasteiger partial charge in [-0.05, 0) is 62.2 Å². The molecule has 0 saturated carbocycles. The average Bonchev–Trinajstić information content (AvgIpc) is 3.13. The summed E-state index contributed by atoms with van der Waals surface area (Å²) < 4.78 is 12.0. The molecule has 0 radical (unpaired) electrons. The first-order valence-corrected chi connectivity index (χ1v) is 11.3. The standard InChI is InChI=1S/C29H28N2O3/c1-4-10-23-11-8-9-14-27(23)33-17-18-34-28-16-15-21(2)19-24(28)20-26-22(3)30-31(29(26)32)25-12-6-5-7-13-25/h4-9,11-16,19-20H,1,10,17-18H2,2-3H3/b26-20+. The summed E-state index contributed by atoms with van der Waals surface area (Å²) in [6.45, 7) is 8.44. The Hall–Kier alpha value is -4.12. The van der Waals surface area contributed by atoms with Gasteiger partial charge in [-0.3, -0.25) is 4.79 Å². The molecule has 1 aliphatic rings. The Morgan fingerprint density at radius 1 is 0.912 bits per heavy atom. The van der Waals surface area contributed by atoms with Crippen LogP contribution in [0.5, 0.6) is 11.5 Å². The maximum Gasteiger partial charge on any atom is 0.280 e. The second-order valence-electron chi connectivity index (χ2n) is 8.03. The highest BCUT2D eigenvalue weighted by Gasteiger charge is 2.28. The van der Waals surface area contributed by atoms with E-state index >= 15 is 0 Å². The average molecular weight is 453 g/mol. The van der Waals surface area contributed by atoms with Crippen LogP contribution in [-0.2, 0) is 11.2 Å². The van der Waals surface area contributed by atoms with Gasteiger partial charge in [0.2, 0.25) is 0 Å². The second kappa shape index (κ2) is 10.7. The van der Waals surface area contributed by atoms with Gasteiger partial charge >= 0.3 is 0 Å². The summed E-state index contributed by atoms with van der Waals surface area (Å²) in [6.07, 6.45) is 4.47. The normalized spacial score (nSPS) is 14.3. The van der Waals surface area contributed by atoms with Gasteiger partial charge in [0.25, 0.3) is 5.91 Å². The monoisotopic (exact) mass is 452 g/mol. The van der Waals surface area contributed by atoms with Gasteiger partial charge in [-0.15, -0.1) is 6.58 Å². The third-order valence-corrected chi connectivity index (χ3v) is 5.46. The Kier molecular flexibility index (Phi) is 7.23. The molecule has 1 amide bonds. The van der Waals surface area contributed by atoms with E-state index in [0.29, 0.717) is 30.2 Å². The minimum Gasteiger partial charge on any atom is -0.490 e. The van der Waals surface area contributed by atoms with Crippen LogP contribution in [0.1, 0.15) is 23.6 Å². The molecule has 0 bridgehead atoms. The van der Waals surface area contributed by atoms with Gasteiger partial charge in [-0.25, -0.2) is 0 Å². The van der Waals surface area contributed by atoms with Gasteiger partial charge in [0.05, 0.1) is 17.0 Å². The number of rotatable bonds is 9. The fourth-order valence-electron chi connectivity index (χ4n) is 3.77. The predicted octanol–water partition coefficient (Wildman–Crippen LogP) is 5.99. The van der Waals surface area contributed by atoms with Crippen LogP contribution in [0.2, 0.25) is 0 Å². The van der Waals surface area contributed by atoms with Crippen molar-refractivity contribution in [2.75, 3.05) is 18.2 Å². The van der Waals surface area contributed by atoms with Crippen LogP contribution < -0.4 is 14.5 Å². The summed E-state index contributed by atoms with van der Waals surface area (Å²) >= 11 is 0. The van der Waals surface area contributed by atoms with Crippen molar-refractivity contribution in [2.45, 2.75) is 20.3 Å². The fourth-order valence-corrected chi connectivity index (χ4v) is 3.77. The molecule has 34 heavy (non-hydrogen) atoms. The third-order valence-electron chi connectivity index (χ3n) is 5.46. The first kappa shape index (κ1) is 23.1. The molecular formula is C29H28N2O3. The zero-order valence-corrected chi connectivity index (χ0v) is 19.5. The Bertz CT molecular complexity index is 1250. The number of carbonyl (C=O) groups is 1. The molecule has 5 heteroatoms. The number of benzene rings is 3. The van der Waals surface area contributed by atoms with E-state index in [0.717, 1.165) is 34.5 Å². The Morgan fingerprint density at radius 2 is 1.62 bits per heavy atom. The molecule has 0 aromatic heterocycles. The number of hydrazone groups is 1. The number of carbonyl (C=O) groups excluding carboxylic acids is 1. The number of hydrogen-bond donors (Lipinski definition) is 0. The maximum atomic E-state index is 13.1. The molecule has 0 fully saturated rings. The van der Waals surface area contributed by atoms with Crippen molar-refractivity contribution in [1.29, 1.82) is 0 Å². The van der Waals surface area contributed by atoms with Crippen molar-refractivity contribution in [3.63, 3.8) is 0 Å². The Balaban J connectivity index is 1.48. The first-order valence-electron chi connectivity index (χ1n) is 11.3. The van der Waals surface area contributed by atoms with E-state index in [4.69, 9.17) is 9.47 Å². The van der Waals surface area contributed by atoms with Gasteiger partial charge in [0.15, 0.2) is 0 Å². The summed E-state index contributed by atoms with van der Waals surface area (Å²) in [5.74, 6) is 1.37. The second-order valence-corrected chi connectivity index (χ2v) is 8.03. The highest BCUT2D eigenvalue weighted by atomic mass is 16.5. The van der Waals surface area contributed by atoms with Crippen molar-refractivity contribution < 1.29 is 14.3 Å². The topological polar surface area (TPSA) is 51.1 Å². The van der Waals surface area contributed by atoms with E-state index in [-0.39, 0.29) is 5.91 Å². The van der Waals surface area contributed by atoms with Crippen molar-refractivity contribution in [3.8, 4) is 11.5 Å². The minimum atomic E-state index is -0.154. The smallest absolute Gasteiger partial charge is 0.280 e. The van der Waals surface area contributed by atoms with Crippen molar-refractivity contribution in [2.24, 2.45) is 5.10 Å². The lowest BCUT2D eigenvalue weighted by Crippen LogP contribution is -2.21. The lowest BCUT2D eigenvalue weighted by molar-refractivity contribution is -0.114. The van der Waals surface area contributed by atoms with Gasteiger partial charge in [0.1, 0.15) is 24.7 Å². The maximum absolute atomic E-state index is 13.1. The number of ether oxygens (including phenoxy) is 2. The number of amides is 1. The summed E-state index contributed by atoms with van der Waals surface area (Å²) in [7, 11) is 0. The van der Waals surface area contributed by atoms with Gasteiger partial charge in [-0.2, -0.15) is 10.1 Å². The van der Waals surface area contributed by atoms with E-state index < -0.39 is 0 Å². The van der Waals surface area contributed by atoms with E-state index in [1.54, 1.807) is 0 Å². The number of nitrogens with zero attached hydrogens (tertiary/aromatic N) is 2. The number of anilines is 1. The Labute approximate surface area is 200 Å². The highest BCUT2D eigenvalue weighted by molar-refractivity contribution is 6.32. The van der Waals surface area contributed by atoms with E-state index in [9.17, 15) is 4.79 Å². The summed E-state index contributed by atoms with van der Waals surface area (Å²) in [6, 6.07) is 23.3. The molecule has 0 spiro atoms. The molecule has 0 saturated heterocycles. The number of hydrogen-bond acceptors (Lipinski definition) is 4. The van der Waals surface area contributed by atoms with Crippen molar-refractivity contribution in [3.05, 3.63) is 108 Å². The molecule has 5 nitrogen and oxygen atoms in total. The van der Waals surface area contributed by atoms with Crippen LogP contribution in [0.25, 0.3) is 6.08 Å². The van der Waals surface area contributed by atoms with Gasteiger partial charge in [-0.1, -0.05) is 54.1 Å². The molecule has 1 heterocycles. The Morgan fingerprint density at radius 3 is 2.38 bits per heavy atom. The van der Waals surface area contributed by atoms with E-state index in [2.05, 4.69) is 11.7 Å². The summed E-state index contributed by atoms with van der Waals surface area (Å²) in [5.41, 5.74) is 4.96. The predicted molar refractivity (Wildman–Crippen MR) is 138 cm³/mol. The molecular weight excluding hydrogens is 424 g/mol. The van der Waals surface area contributed by atoms with Crippen LogP contribution >= 0.6 is 0 Å². The molecule has 1 aliphatic heterocycles. The van der Waals surface area contributed by atoms with Crippen molar-refractivity contribution in [1.82, 2.24) is 0 Å². The molecule has 3 aromatic rings. The highest BCUT2D eigenvalue weighted by Crippen LogP contribution is 2.28. The van der Waals surface area contributed by atoms with Crippen LogP contribution in [0.3, 0.4) is 0 Å². The molecule has 0 N–H and O–H groups in total. The minimum absolute atomic E-state index is 0.154. The molecule has 4 rings (SSSR count). The zero-order chi connectivity index (χ0) is 23.9. The van der Waals surface area contributed by atoms with Crippen LogP contribution in [-0.4, -0.2) is 24.8 Å². The van der Waals surface area contributed by atoms with Crippen molar-refractivity contribution >= 4 is 23.4 Å². The summed E-state index contributed by atoms with van der Waals surface area (Å²) in [4.78, 5) is 13.1. The zero-order valence-electron chi connectivity index (χ0n) is 19.5. The summed E-state index contributed by atoms with van der Waals surface area (Å²) in [5, 5.41) is 5.90. The lowest BCUT2D eigenvalue weighted by Gasteiger charge is -2.14. The van der Waals surface area contributed by atoms with Crippen LogP contribution in [0.4, 0.5) is 5.69 Å². The van der Waals surface area contributed by atoms with Gasteiger partial charge < -0.3 is 9.47 Å². The fraction of sp³-hybridized carbons (Fsp3) is 0.172. The molecule has 3 aromatic carbocycles. The van der Waals surface area contributed by atoms with Gasteiger partial charge in [0, 0.05) is 5.56 Å². The third kappa shape index (κ3) is 5.26.